The summed E-state index contributed by atoms with van der Waals surface area (Å²) in [5.74, 6) is 14.9. The van der Waals surface area contributed by atoms with Crippen LogP contribution in [-0.2, 0) is 13.1 Å². The van der Waals surface area contributed by atoms with Gasteiger partial charge in [-0.05, 0) is 131 Å². The van der Waals surface area contributed by atoms with Gasteiger partial charge >= 0.3 is 0 Å². The molecule has 4 heterocycles. The molecule has 0 saturated carbocycles. The zero-order chi connectivity index (χ0) is 51.8. The highest BCUT2D eigenvalue weighted by Gasteiger charge is 2.19. The van der Waals surface area contributed by atoms with E-state index >= 15 is 0 Å². The SMILES string of the molecule is CCCCn1c2ccc(C#Cc3c4ccccc4c(C#Cc4ccc5c(c4)c4cc(-n6c7ccccc7c7ccccc76)ccc4n5CCCC)c4ccccc34)cc2c2cc(-n3c4ccccc4c4ccccc43)ccc21. The number of fused-ring (bicyclic) bond motifs is 14. The Balaban J connectivity index is 0.845. The highest BCUT2D eigenvalue weighted by molar-refractivity contribution is 6.15. The molecule has 15 aromatic rings. The molecule has 0 aliphatic carbocycles. The second-order valence-electron chi connectivity index (χ2n) is 21.0. The molecule has 4 aromatic heterocycles. The van der Waals surface area contributed by atoms with Crippen molar-refractivity contribution in [1.82, 2.24) is 18.3 Å². The zero-order valence-electron chi connectivity index (χ0n) is 43.8. The summed E-state index contributed by atoms with van der Waals surface area (Å²) in [5.41, 5.74) is 16.2. The Kier molecular flexibility index (Phi) is 10.8. The van der Waals surface area contributed by atoms with Gasteiger partial charge in [-0.3, -0.25) is 0 Å². The average molecular weight is 999 g/mol. The third kappa shape index (κ3) is 7.18. The van der Waals surface area contributed by atoms with E-state index in [9.17, 15) is 0 Å². The fraction of sp³-hybridized carbons (Fsp3) is 0.108. The van der Waals surface area contributed by atoms with Gasteiger partial charge < -0.3 is 18.3 Å². The average Bonchev–Trinajstić information content (AvgIpc) is 4.34. The molecule has 0 atom stereocenters. The minimum absolute atomic E-state index is 0.965. The quantitative estimate of drug-likeness (QED) is 0.107. The summed E-state index contributed by atoms with van der Waals surface area (Å²) in [6.45, 7) is 6.47. The third-order valence-corrected chi connectivity index (χ3v) is 16.4. The molecule has 11 aromatic carbocycles. The van der Waals surface area contributed by atoms with E-state index in [0.717, 1.165) is 93.9 Å². The lowest BCUT2D eigenvalue weighted by atomic mass is 9.91. The van der Waals surface area contributed by atoms with Crippen LogP contribution in [0.3, 0.4) is 0 Å². The summed E-state index contributed by atoms with van der Waals surface area (Å²) in [7, 11) is 0. The van der Waals surface area contributed by atoms with Crippen LogP contribution in [0.15, 0.2) is 218 Å². The van der Waals surface area contributed by atoms with Crippen molar-refractivity contribution in [2.45, 2.75) is 52.6 Å². The Morgan fingerprint density at radius 2 is 0.564 bits per heavy atom. The van der Waals surface area contributed by atoms with Crippen LogP contribution in [0.1, 0.15) is 61.8 Å². The first-order valence-electron chi connectivity index (χ1n) is 27.7. The molecule has 0 radical (unpaired) electrons. The molecule has 370 valence electrons. The summed E-state index contributed by atoms with van der Waals surface area (Å²) >= 11 is 0. The predicted octanol–water partition coefficient (Wildman–Crippen LogP) is 18.8. The fourth-order valence-corrected chi connectivity index (χ4v) is 12.8. The van der Waals surface area contributed by atoms with Crippen molar-refractivity contribution in [1.29, 1.82) is 0 Å². The summed E-state index contributed by atoms with van der Waals surface area (Å²) < 4.78 is 9.86. The number of unbranched alkanes of at least 4 members (excludes halogenated alkanes) is 2. The van der Waals surface area contributed by atoms with Crippen molar-refractivity contribution < 1.29 is 0 Å². The van der Waals surface area contributed by atoms with Crippen LogP contribution in [0.2, 0.25) is 0 Å². The Bertz CT molecular complexity index is 4600. The summed E-state index contributed by atoms with van der Waals surface area (Å²) in [4.78, 5) is 0. The molecule has 15 rings (SSSR count). The van der Waals surface area contributed by atoms with Gasteiger partial charge in [0, 0.05) is 112 Å². The van der Waals surface area contributed by atoms with Crippen LogP contribution in [0.25, 0.3) is 120 Å². The van der Waals surface area contributed by atoms with Crippen molar-refractivity contribution in [3.05, 3.63) is 241 Å². The maximum absolute atomic E-state index is 3.75. The van der Waals surface area contributed by atoms with E-state index in [1.165, 1.54) is 87.2 Å². The van der Waals surface area contributed by atoms with E-state index in [1.807, 2.05) is 0 Å². The van der Waals surface area contributed by atoms with E-state index in [0.29, 0.717) is 0 Å². The van der Waals surface area contributed by atoms with E-state index in [2.05, 4.69) is 274 Å². The molecule has 0 spiro atoms. The zero-order valence-corrected chi connectivity index (χ0v) is 43.8. The lowest BCUT2D eigenvalue weighted by Crippen LogP contribution is -1.98. The number of nitrogens with zero attached hydrogens (tertiary/aromatic N) is 4. The van der Waals surface area contributed by atoms with Crippen molar-refractivity contribution in [3.8, 4) is 35.1 Å². The first-order valence-corrected chi connectivity index (χ1v) is 27.7. The number of hydrogen-bond donors (Lipinski definition) is 0. The topological polar surface area (TPSA) is 19.7 Å². The number of aryl methyl sites for hydroxylation is 2. The monoisotopic (exact) mass is 998 g/mol. The molecule has 78 heavy (non-hydrogen) atoms. The molecule has 0 aliphatic rings. The first-order chi connectivity index (χ1) is 38.6. The molecule has 0 amide bonds. The lowest BCUT2D eigenvalue weighted by Gasteiger charge is -2.10. The standard InChI is InChI=1S/C74H54N4/c1-3-5-43-75-67-39-33-49(45-63(67)65-47-51(35-41-69(65)75)77-71-27-15-11-23-59(71)60-24-12-16-28-72(60)77)31-37-57-53-19-7-9-21-55(53)58(56-22-10-8-20-54(56)57)38-32-50-34-40-68-64(46-50)66-48-52(36-42-70(66)76(68)44-6-4-2)78-73-29-17-13-25-61(73)62-26-14-18-30-74(62)78/h7-30,33-36,39-42,45-48H,3-6,43-44H2,1-2H3. The number of rotatable bonds is 8. The van der Waals surface area contributed by atoms with E-state index in [-0.39, 0.29) is 0 Å². The smallest absolute Gasteiger partial charge is 0.0541 e. The summed E-state index contributed by atoms with van der Waals surface area (Å²) in [5, 5.41) is 14.4. The van der Waals surface area contributed by atoms with Gasteiger partial charge in [-0.1, -0.05) is 172 Å². The second kappa shape index (κ2) is 18.5. The molecule has 4 nitrogen and oxygen atoms in total. The van der Waals surface area contributed by atoms with Gasteiger partial charge in [0.05, 0.1) is 22.1 Å². The van der Waals surface area contributed by atoms with Gasteiger partial charge in [0.15, 0.2) is 0 Å². The van der Waals surface area contributed by atoms with E-state index in [4.69, 9.17) is 0 Å². The molecule has 0 unspecified atom stereocenters. The van der Waals surface area contributed by atoms with Crippen molar-refractivity contribution in [2.75, 3.05) is 0 Å². The maximum atomic E-state index is 3.75. The van der Waals surface area contributed by atoms with Crippen LogP contribution in [0.4, 0.5) is 0 Å². The molecular formula is C74H54N4. The fourth-order valence-electron chi connectivity index (χ4n) is 12.8. The number of aromatic nitrogens is 4. The Labute approximate surface area is 453 Å². The van der Waals surface area contributed by atoms with Crippen LogP contribution < -0.4 is 0 Å². The van der Waals surface area contributed by atoms with Crippen LogP contribution in [0.5, 0.6) is 0 Å². The van der Waals surface area contributed by atoms with Crippen molar-refractivity contribution >= 4 is 109 Å². The Hall–Kier alpha value is -9.74. The van der Waals surface area contributed by atoms with E-state index < -0.39 is 0 Å². The van der Waals surface area contributed by atoms with E-state index in [1.54, 1.807) is 0 Å². The highest BCUT2D eigenvalue weighted by atomic mass is 15.0. The van der Waals surface area contributed by atoms with Crippen LogP contribution >= 0.6 is 0 Å². The highest BCUT2D eigenvalue weighted by Crippen LogP contribution is 2.39. The number of para-hydroxylation sites is 4. The maximum Gasteiger partial charge on any atom is 0.0541 e. The van der Waals surface area contributed by atoms with Crippen LogP contribution in [0, 0.1) is 23.7 Å². The first kappa shape index (κ1) is 45.6. The van der Waals surface area contributed by atoms with Crippen molar-refractivity contribution in [2.24, 2.45) is 0 Å². The Morgan fingerprint density at radius 3 is 0.897 bits per heavy atom. The molecule has 0 bridgehead atoms. The van der Waals surface area contributed by atoms with Gasteiger partial charge in [0.2, 0.25) is 0 Å². The number of hydrogen-bond acceptors (Lipinski definition) is 0. The minimum Gasteiger partial charge on any atom is -0.340 e. The summed E-state index contributed by atoms with van der Waals surface area (Å²) in [6.07, 6.45) is 4.48. The van der Waals surface area contributed by atoms with Crippen LogP contribution in [-0.4, -0.2) is 18.3 Å². The second-order valence-corrected chi connectivity index (χ2v) is 21.0. The molecule has 0 N–H and O–H groups in total. The Morgan fingerprint density at radius 1 is 0.269 bits per heavy atom. The van der Waals surface area contributed by atoms with Gasteiger partial charge in [-0.2, -0.15) is 0 Å². The van der Waals surface area contributed by atoms with Gasteiger partial charge in [-0.15, -0.1) is 0 Å². The molecule has 0 fully saturated rings. The normalized spacial score (nSPS) is 11.8. The summed E-state index contributed by atoms with van der Waals surface area (Å²) in [6, 6.07) is 80.0. The lowest BCUT2D eigenvalue weighted by molar-refractivity contribution is 0.665. The molecule has 4 heteroatoms. The third-order valence-electron chi connectivity index (χ3n) is 16.4. The molecule has 0 saturated heterocycles. The van der Waals surface area contributed by atoms with Gasteiger partial charge in [0.25, 0.3) is 0 Å². The van der Waals surface area contributed by atoms with Gasteiger partial charge in [0.1, 0.15) is 0 Å². The molecular weight excluding hydrogens is 945 g/mol. The van der Waals surface area contributed by atoms with Gasteiger partial charge in [-0.25, -0.2) is 0 Å². The molecule has 0 aliphatic heterocycles. The predicted molar refractivity (Wildman–Crippen MR) is 331 cm³/mol. The largest absolute Gasteiger partial charge is 0.340 e. The minimum atomic E-state index is 0.965. The van der Waals surface area contributed by atoms with Crippen molar-refractivity contribution in [3.63, 3.8) is 0 Å². The number of benzene rings is 11.